The summed E-state index contributed by atoms with van der Waals surface area (Å²) >= 11 is 0. The molecule has 0 bridgehead atoms. The number of nitrogens with one attached hydrogen (secondary N) is 1. The van der Waals surface area contributed by atoms with E-state index in [1.807, 2.05) is 10.8 Å². The van der Waals surface area contributed by atoms with E-state index in [-0.39, 0.29) is 11.7 Å². The second-order valence-corrected chi connectivity index (χ2v) is 6.87. The number of aromatic nitrogens is 4. The van der Waals surface area contributed by atoms with Crippen molar-refractivity contribution in [2.45, 2.75) is 19.9 Å². The molecule has 0 aliphatic heterocycles. The molecule has 2 heterocycles. The summed E-state index contributed by atoms with van der Waals surface area (Å²) in [6.45, 7) is 7.13. The summed E-state index contributed by atoms with van der Waals surface area (Å²) in [4.78, 5) is 16.7. The monoisotopic (exact) mass is 429 g/mol. The van der Waals surface area contributed by atoms with Gasteiger partial charge in [-0.15, -0.1) is 0 Å². The van der Waals surface area contributed by atoms with Gasteiger partial charge in [-0.3, -0.25) is 4.79 Å². The molecule has 0 aliphatic rings. The zero-order valence-corrected chi connectivity index (χ0v) is 17.8. The van der Waals surface area contributed by atoms with Gasteiger partial charge in [-0.1, -0.05) is 30.6 Å². The number of imidazole rings is 1. The van der Waals surface area contributed by atoms with Gasteiger partial charge in [0.15, 0.2) is 0 Å². The molecule has 7 heteroatoms. The lowest BCUT2D eigenvalue weighted by Gasteiger charge is -2.09. The molecule has 1 N–H and O–H groups in total. The van der Waals surface area contributed by atoms with Crippen molar-refractivity contribution in [1.82, 2.24) is 24.6 Å². The maximum atomic E-state index is 13.5. The van der Waals surface area contributed by atoms with Crippen LogP contribution in [0, 0.1) is 17.7 Å². The SMILES string of the molecule is C=C(/C(C#Cc1cccc(F)c1)=C\C(=C/C)C(=O)NCCCn1ccnc1)n1cccn1. The van der Waals surface area contributed by atoms with Crippen molar-refractivity contribution in [2.24, 2.45) is 0 Å². The highest BCUT2D eigenvalue weighted by Gasteiger charge is 2.10. The minimum absolute atomic E-state index is 0.212. The first-order valence-corrected chi connectivity index (χ1v) is 10.2. The van der Waals surface area contributed by atoms with E-state index in [0.29, 0.717) is 29.0 Å². The van der Waals surface area contributed by atoms with Gasteiger partial charge in [0.05, 0.1) is 17.6 Å². The molecule has 162 valence electrons. The predicted molar refractivity (Wildman–Crippen MR) is 123 cm³/mol. The van der Waals surface area contributed by atoms with Crippen LogP contribution < -0.4 is 5.32 Å². The number of hydrogen-bond acceptors (Lipinski definition) is 3. The molecule has 0 saturated carbocycles. The van der Waals surface area contributed by atoms with Gasteiger partial charge in [0.1, 0.15) is 5.82 Å². The number of benzene rings is 1. The van der Waals surface area contributed by atoms with Gasteiger partial charge < -0.3 is 9.88 Å². The summed E-state index contributed by atoms with van der Waals surface area (Å²) in [5.41, 5.74) is 1.98. The maximum Gasteiger partial charge on any atom is 0.250 e. The number of hydrogen-bond donors (Lipinski definition) is 1. The van der Waals surface area contributed by atoms with E-state index in [4.69, 9.17) is 0 Å². The van der Waals surface area contributed by atoms with Crippen molar-refractivity contribution >= 4 is 11.6 Å². The summed E-state index contributed by atoms with van der Waals surface area (Å²) < 4.78 is 17.0. The molecule has 2 aromatic heterocycles. The highest BCUT2D eigenvalue weighted by atomic mass is 19.1. The first-order chi connectivity index (χ1) is 15.6. The van der Waals surface area contributed by atoms with E-state index in [1.54, 1.807) is 66.9 Å². The fraction of sp³-hybridized carbons (Fsp3) is 0.160. The Morgan fingerprint density at radius 2 is 2.16 bits per heavy atom. The average molecular weight is 429 g/mol. The predicted octanol–water partition coefficient (Wildman–Crippen LogP) is 3.82. The smallest absolute Gasteiger partial charge is 0.250 e. The van der Waals surface area contributed by atoms with Crippen molar-refractivity contribution in [3.8, 4) is 11.8 Å². The molecule has 0 unspecified atom stereocenters. The maximum absolute atomic E-state index is 13.5. The quantitative estimate of drug-likeness (QED) is 0.256. The third-order valence-corrected chi connectivity index (χ3v) is 4.57. The van der Waals surface area contributed by atoms with Crippen molar-refractivity contribution < 1.29 is 9.18 Å². The number of allylic oxidation sites excluding steroid dienone is 3. The zero-order valence-electron chi connectivity index (χ0n) is 17.8. The standard InChI is InChI=1S/C25H24FN5O/c1-3-22(25(32)28-11-5-14-30-16-13-27-19-30)18-23(20(2)31-15-6-12-29-31)10-9-21-7-4-8-24(26)17-21/h3-4,6-8,12-13,15-19H,2,5,11,14H2,1H3,(H,28,32)/b22-3+,23-18-. The highest BCUT2D eigenvalue weighted by Crippen LogP contribution is 2.16. The van der Waals surface area contributed by atoms with E-state index < -0.39 is 0 Å². The fourth-order valence-corrected chi connectivity index (χ4v) is 2.87. The van der Waals surface area contributed by atoms with E-state index in [1.165, 1.54) is 12.1 Å². The minimum atomic E-state index is -0.363. The van der Waals surface area contributed by atoms with Crippen LogP contribution in [0.25, 0.3) is 5.70 Å². The summed E-state index contributed by atoms with van der Waals surface area (Å²) in [6, 6.07) is 7.80. The minimum Gasteiger partial charge on any atom is -0.352 e. The molecule has 0 spiro atoms. The molecule has 1 amide bonds. The topological polar surface area (TPSA) is 64.7 Å². The lowest BCUT2D eigenvalue weighted by molar-refractivity contribution is -0.117. The molecular formula is C25H24FN5O. The molecule has 3 aromatic rings. The van der Waals surface area contributed by atoms with Gasteiger partial charge in [0, 0.05) is 49.0 Å². The van der Waals surface area contributed by atoms with Crippen LogP contribution in [0.1, 0.15) is 18.9 Å². The second kappa shape index (κ2) is 11.3. The Morgan fingerprint density at radius 1 is 1.28 bits per heavy atom. The third-order valence-electron chi connectivity index (χ3n) is 4.57. The van der Waals surface area contributed by atoms with Crippen molar-refractivity contribution in [1.29, 1.82) is 0 Å². The van der Waals surface area contributed by atoms with Crippen LogP contribution >= 0.6 is 0 Å². The van der Waals surface area contributed by atoms with Crippen LogP contribution in [0.2, 0.25) is 0 Å². The number of rotatable bonds is 8. The Labute approximate surface area is 186 Å². The molecule has 0 saturated heterocycles. The van der Waals surface area contributed by atoms with E-state index >= 15 is 0 Å². The molecule has 0 radical (unpaired) electrons. The van der Waals surface area contributed by atoms with Crippen LogP contribution in [0.5, 0.6) is 0 Å². The molecule has 0 fully saturated rings. The van der Waals surface area contributed by atoms with Crippen LogP contribution in [0.3, 0.4) is 0 Å². The molecule has 0 atom stereocenters. The number of aryl methyl sites for hydroxylation is 1. The number of carbonyl (C=O) groups excluding carboxylic acids is 1. The van der Waals surface area contributed by atoms with Crippen molar-refractivity contribution in [3.05, 3.63) is 103 Å². The number of halogens is 1. The summed E-state index contributed by atoms with van der Waals surface area (Å²) in [5, 5.41) is 7.11. The Hall–Kier alpha value is -4.18. The lowest BCUT2D eigenvalue weighted by atomic mass is 10.1. The molecule has 1 aromatic carbocycles. The van der Waals surface area contributed by atoms with Crippen LogP contribution in [0.4, 0.5) is 4.39 Å². The van der Waals surface area contributed by atoms with Gasteiger partial charge in [-0.05, 0) is 43.7 Å². The Bertz CT molecular complexity index is 1180. The number of nitrogens with zero attached hydrogens (tertiary/aromatic N) is 4. The molecule has 32 heavy (non-hydrogen) atoms. The van der Waals surface area contributed by atoms with Gasteiger partial charge in [0.25, 0.3) is 5.91 Å². The fourth-order valence-electron chi connectivity index (χ4n) is 2.87. The first kappa shape index (κ1) is 22.5. The zero-order chi connectivity index (χ0) is 22.8. The number of carbonyl (C=O) groups is 1. The van der Waals surface area contributed by atoms with Crippen molar-refractivity contribution in [3.63, 3.8) is 0 Å². The highest BCUT2D eigenvalue weighted by molar-refractivity contribution is 5.97. The summed E-state index contributed by atoms with van der Waals surface area (Å²) in [6.07, 6.45) is 12.9. The van der Waals surface area contributed by atoms with Crippen molar-refractivity contribution in [2.75, 3.05) is 6.54 Å². The number of amides is 1. The Balaban J connectivity index is 1.76. The average Bonchev–Trinajstić information content (AvgIpc) is 3.51. The van der Waals surface area contributed by atoms with Crippen LogP contribution in [0.15, 0.2) is 91.3 Å². The normalized spacial score (nSPS) is 11.6. The van der Waals surface area contributed by atoms with Crippen LogP contribution in [-0.2, 0) is 11.3 Å². The van der Waals surface area contributed by atoms with E-state index in [2.05, 4.69) is 33.8 Å². The lowest BCUT2D eigenvalue weighted by Crippen LogP contribution is -2.26. The van der Waals surface area contributed by atoms with Gasteiger partial charge in [-0.2, -0.15) is 5.10 Å². The van der Waals surface area contributed by atoms with E-state index in [9.17, 15) is 9.18 Å². The molecule has 3 rings (SSSR count). The Morgan fingerprint density at radius 3 is 2.84 bits per heavy atom. The van der Waals surface area contributed by atoms with Crippen LogP contribution in [-0.4, -0.2) is 31.8 Å². The third kappa shape index (κ3) is 6.41. The second-order valence-electron chi connectivity index (χ2n) is 6.87. The van der Waals surface area contributed by atoms with E-state index in [0.717, 1.165) is 13.0 Å². The van der Waals surface area contributed by atoms with Gasteiger partial charge in [0.2, 0.25) is 0 Å². The van der Waals surface area contributed by atoms with Gasteiger partial charge >= 0.3 is 0 Å². The molecule has 6 nitrogen and oxygen atoms in total. The molecule has 0 aliphatic carbocycles. The van der Waals surface area contributed by atoms with Gasteiger partial charge in [-0.25, -0.2) is 14.1 Å². The summed E-state index contributed by atoms with van der Waals surface area (Å²) in [5.74, 6) is 5.37. The first-order valence-electron chi connectivity index (χ1n) is 10.2. The Kier molecular flexibility index (Phi) is 7.93. The summed E-state index contributed by atoms with van der Waals surface area (Å²) in [7, 11) is 0. The molecular weight excluding hydrogens is 405 g/mol. The largest absolute Gasteiger partial charge is 0.352 e.